The molecule has 828 valence electrons. The lowest BCUT2D eigenvalue weighted by molar-refractivity contribution is 0.0380. The summed E-state index contributed by atoms with van der Waals surface area (Å²) in [4.78, 5) is 25.1. The van der Waals surface area contributed by atoms with Gasteiger partial charge in [-0.05, 0) is 304 Å². The third-order valence-electron chi connectivity index (χ3n) is 23.7. The Morgan fingerprint density at radius 3 is 1.07 bits per heavy atom. The van der Waals surface area contributed by atoms with Gasteiger partial charge in [0.25, 0.3) is 0 Å². The van der Waals surface area contributed by atoms with Gasteiger partial charge < -0.3 is 43.3 Å². The van der Waals surface area contributed by atoms with Crippen molar-refractivity contribution >= 4 is 6.09 Å². The molecule has 6 saturated heterocycles. The molecule has 11 rings (SSSR count). The Morgan fingerprint density at radius 2 is 0.874 bits per heavy atom. The highest BCUT2D eigenvalue weighted by atomic mass is 16.6. The van der Waals surface area contributed by atoms with Crippen molar-refractivity contribution in [1.82, 2.24) is 29.4 Å². The molecule has 4 unspecified atom stereocenters. The summed E-state index contributed by atoms with van der Waals surface area (Å²) >= 11 is 0. The fourth-order valence-electron chi connectivity index (χ4n) is 13.8. The van der Waals surface area contributed by atoms with Crippen LogP contribution in [0.3, 0.4) is 0 Å². The molecule has 12 nitrogen and oxygen atoms in total. The second-order valence-electron chi connectivity index (χ2n) is 43.7. The predicted molar refractivity (Wildman–Crippen MR) is 625 cm³/mol. The molecule has 12 heteroatoms. The van der Waals surface area contributed by atoms with E-state index in [9.17, 15) is 4.79 Å². The summed E-state index contributed by atoms with van der Waals surface area (Å²) in [6.45, 7) is 107. The number of ether oxygens (including phenoxy) is 5. The predicted octanol–water partition coefficient (Wildman–Crippen LogP) is 37.3. The molecule has 0 radical (unpaired) electrons. The first-order valence-electron chi connectivity index (χ1n) is 56.2. The van der Waals surface area contributed by atoms with E-state index in [0.717, 1.165) is 187 Å². The number of piperidine rings is 4. The van der Waals surface area contributed by atoms with Gasteiger partial charge in [-0.15, -0.1) is 19.6 Å². The molecule has 2 bridgehead atoms. The lowest BCUT2D eigenvalue weighted by Crippen LogP contribution is -2.38. The van der Waals surface area contributed by atoms with E-state index in [1.807, 2.05) is 33.8 Å². The average molecular weight is 1930 g/mol. The van der Waals surface area contributed by atoms with Crippen LogP contribution in [0.4, 0.5) is 4.79 Å². The fraction of sp³-hybridized carbons (Fsp3) is 0.943. The van der Waals surface area contributed by atoms with Gasteiger partial charge >= 0.3 is 6.09 Å². The quantitative estimate of drug-likeness (QED) is 0.109. The summed E-state index contributed by atoms with van der Waals surface area (Å²) < 4.78 is 24.8. The number of terminal acetylenes is 1. The van der Waals surface area contributed by atoms with Gasteiger partial charge in [-0.25, -0.2) is 4.79 Å². The summed E-state index contributed by atoms with van der Waals surface area (Å²) in [6, 6.07) is 1.01. The van der Waals surface area contributed by atoms with Gasteiger partial charge in [0.15, 0.2) is 0 Å². The van der Waals surface area contributed by atoms with Crippen LogP contribution < -0.4 is 0 Å². The maximum atomic E-state index is 11.2. The molecule has 4 atom stereocenters. The molecule has 0 aromatic rings. The summed E-state index contributed by atoms with van der Waals surface area (Å²) in [5.74, 6) is 15.9. The SMILES string of the molecule is C.C.C.C.C#CCN1CCC(C)CC1.C=C(C)CC.C=CCC.CC.CC(C)(C)C.CC(C)C.CC1CC2CCC1C2.CC1CCCC1.CC1CCCCC1.CC1CCCOC1.CC1CCN(C)CC1.CC1CCN(C2CC2)CC1.CCC.CCC(C)C.CCC(C)C.CCCC.CCCN(C)C.CCCN1CCOCC1.CCCOC.CCOC(=O)N1CCC(C)CC1.COCC(C)C. The zero-order valence-corrected chi connectivity index (χ0v) is 98.3. The number of carbonyl (C=O) groups excluding carboxylic acids is 1. The molecule has 135 heavy (non-hydrogen) atoms. The Morgan fingerprint density at radius 1 is 0.496 bits per heavy atom. The Kier molecular flexibility index (Phi) is 151. The van der Waals surface area contributed by atoms with E-state index in [2.05, 4.69) is 286 Å². The standard InChI is InChI=1S/C9H17NO2.C9H17N.C9H15N.C8H14.C7H15NO.C7H15N.C7H14.C6H12O.C6H12.C5H13N.C5H12O.3C5H12.C5H10.C4H10O.2C4H10.C4H8.C3H8.C2H6.4CH4/c1-3-12-9(11)10-6-4-8(2)5-7-10;1-8-4-6-10(7-5-8)9-2-3-9;1-3-6-10-7-4-9(2)5-8-10;1-6-4-7-2-3-8(6)5-7;1-2-3-8-4-6-9-7-5-8;1-7-3-5-8(2)6-4-7;1-7-5-3-2-4-6-7;1-6-3-2-4-7-5-6;1-6-4-2-3-5-6;1-4-5-6(2)3;1-5(2)4-6-3;1-5(2,3)4;3*1-4-5(2)3;1-3-4-5-2;1-4(2)3;2*1-3-4-2;1-3-2;1-2;;;;/h8H,3-7H2,1-2H3;8-9H,2-7H2,1H3;1,9H,4-8H2,2H3;6-8H,2-5H2,1H3;2-7H2,1H3;7H,3-6H2,1-2H3;7H,2-6H2,1H3;6H,2-5H2,1H3;6H,2-5H2,1H3;4-5H2,1-3H3;5H,4H2,1-3H3;1-4H3;2*5H,4H2,1-3H3;2,4H2,1,3H3;3-4H2,1-2H3;4H,1-3H3;3-4H2,1-2H3;3H,1,4H2,2H3;3H2,1-2H3;1-2H3;4*1H4. The van der Waals surface area contributed by atoms with Crippen LogP contribution in [-0.2, 0) is 23.7 Å². The molecule has 11 fully saturated rings. The molecular formula is C123H270N6O6. The zero-order chi connectivity index (χ0) is 103. The molecule has 0 aromatic carbocycles. The van der Waals surface area contributed by atoms with Gasteiger partial charge in [0.1, 0.15) is 0 Å². The maximum Gasteiger partial charge on any atom is 0.409 e. The normalized spacial score (nSPS) is 19.5. The van der Waals surface area contributed by atoms with E-state index >= 15 is 0 Å². The van der Waals surface area contributed by atoms with E-state index in [1.165, 1.54) is 225 Å². The second-order valence-corrected chi connectivity index (χ2v) is 43.7. The van der Waals surface area contributed by atoms with E-state index in [-0.39, 0.29) is 35.8 Å². The summed E-state index contributed by atoms with van der Waals surface area (Å²) in [5, 5.41) is 0. The number of hydrogen-bond acceptors (Lipinski definition) is 11. The lowest BCUT2D eigenvalue weighted by Gasteiger charge is -2.29. The van der Waals surface area contributed by atoms with Crippen molar-refractivity contribution in [2.75, 3.05) is 167 Å². The first-order chi connectivity index (χ1) is 61.9. The molecule has 6 heterocycles. The largest absolute Gasteiger partial charge is 0.450 e. The average Bonchev–Trinajstić information content (AvgIpc) is 1.69. The highest BCUT2D eigenvalue weighted by molar-refractivity contribution is 5.67. The molecule has 0 spiro atoms. The molecule has 5 aliphatic carbocycles. The summed E-state index contributed by atoms with van der Waals surface area (Å²) in [6.07, 6.45) is 55.0. The van der Waals surface area contributed by atoms with Crippen molar-refractivity contribution in [2.45, 2.75) is 510 Å². The molecule has 0 N–H and O–H groups in total. The van der Waals surface area contributed by atoms with Crippen LogP contribution in [0.15, 0.2) is 24.8 Å². The van der Waals surface area contributed by atoms with Crippen LogP contribution >= 0.6 is 0 Å². The molecule has 5 saturated carbocycles. The van der Waals surface area contributed by atoms with E-state index in [0.29, 0.717) is 17.9 Å². The van der Waals surface area contributed by atoms with Crippen LogP contribution in [0.25, 0.3) is 0 Å². The lowest BCUT2D eigenvalue weighted by atomic mass is 9.91. The first-order valence-corrected chi connectivity index (χ1v) is 56.2. The Balaban J connectivity index is -0.0000000957. The smallest absolute Gasteiger partial charge is 0.409 e. The minimum atomic E-state index is -0.149. The van der Waals surface area contributed by atoms with Gasteiger partial charge in [0.05, 0.1) is 26.4 Å². The monoisotopic (exact) mass is 1930 g/mol. The third-order valence-corrected chi connectivity index (χ3v) is 23.7. The number of unbranched alkanes of at least 4 members (excludes halogenated alkanes) is 1. The fourth-order valence-corrected chi connectivity index (χ4v) is 13.8. The van der Waals surface area contributed by atoms with E-state index in [4.69, 9.17) is 30.1 Å². The van der Waals surface area contributed by atoms with Gasteiger partial charge in [0.2, 0.25) is 0 Å². The minimum absolute atomic E-state index is 0. The second kappa shape index (κ2) is 124. The molecular weight excluding hydrogens is 1660 g/mol. The summed E-state index contributed by atoms with van der Waals surface area (Å²) in [7, 11) is 9.81. The Bertz CT molecular complexity index is 2080. The van der Waals surface area contributed by atoms with Crippen LogP contribution in [-0.4, -0.2) is 208 Å². The number of morpholine rings is 1. The van der Waals surface area contributed by atoms with Gasteiger partial charge in [-0.2, -0.15) is 0 Å². The van der Waals surface area contributed by atoms with Crippen molar-refractivity contribution in [1.29, 1.82) is 0 Å². The Hall–Kier alpha value is -2.05. The van der Waals surface area contributed by atoms with Gasteiger partial charge in [-0.1, -0.05) is 379 Å². The highest BCUT2D eigenvalue weighted by Gasteiger charge is 2.36. The number of hydrogen-bond donors (Lipinski definition) is 0. The van der Waals surface area contributed by atoms with Crippen LogP contribution in [0.1, 0.15) is 504 Å². The summed E-state index contributed by atoms with van der Waals surface area (Å²) in [5.41, 5.74) is 1.75. The van der Waals surface area contributed by atoms with Crippen LogP contribution in [0.2, 0.25) is 0 Å². The molecule has 0 aromatic heterocycles. The number of nitrogens with zero attached hydrogens (tertiary/aromatic N) is 6. The molecule has 1 amide bonds. The molecule has 6 aliphatic heterocycles. The van der Waals surface area contributed by atoms with E-state index in [1.54, 1.807) is 44.8 Å². The third kappa shape index (κ3) is 150. The number of allylic oxidation sites excluding steroid dienone is 2. The highest BCUT2D eigenvalue weighted by Crippen LogP contribution is 2.48. The van der Waals surface area contributed by atoms with Crippen molar-refractivity contribution in [2.24, 2.45) is 88.3 Å². The van der Waals surface area contributed by atoms with Crippen LogP contribution in [0, 0.1) is 101 Å². The topological polar surface area (TPSA) is 82.7 Å². The van der Waals surface area contributed by atoms with Crippen molar-refractivity contribution in [3.63, 3.8) is 0 Å². The number of methoxy groups -OCH3 is 2. The number of fused-ring (bicyclic) bond motifs is 2. The number of likely N-dealkylation sites (tertiary alicyclic amines) is 4. The molecule has 11 aliphatic rings. The number of rotatable bonds is 16. The van der Waals surface area contributed by atoms with Crippen molar-refractivity contribution in [3.05, 3.63) is 24.8 Å². The maximum absolute atomic E-state index is 11.2. The minimum Gasteiger partial charge on any atom is -0.450 e. The van der Waals surface area contributed by atoms with Gasteiger partial charge in [-0.3, -0.25) is 9.80 Å². The Labute approximate surface area is 860 Å². The van der Waals surface area contributed by atoms with E-state index < -0.39 is 0 Å². The number of carbonyl (C=O) groups is 1. The van der Waals surface area contributed by atoms with Crippen molar-refractivity contribution < 1.29 is 28.5 Å². The zero-order valence-electron chi connectivity index (χ0n) is 98.3. The van der Waals surface area contributed by atoms with Gasteiger partial charge in [0, 0.05) is 72.9 Å². The van der Waals surface area contributed by atoms with Crippen molar-refractivity contribution in [3.8, 4) is 12.3 Å². The van der Waals surface area contributed by atoms with Crippen LogP contribution in [0.5, 0.6) is 0 Å². The first kappa shape index (κ1) is 164. The number of amides is 1.